The lowest BCUT2D eigenvalue weighted by molar-refractivity contribution is 0.464. The number of fused-ring (bicyclic) bond motifs is 7. The van der Waals surface area contributed by atoms with Crippen molar-refractivity contribution in [1.29, 1.82) is 0 Å². The van der Waals surface area contributed by atoms with Gasteiger partial charge in [-0.3, -0.25) is 0 Å². The van der Waals surface area contributed by atoms with Gasteiger partial charge < -0.3 is 19.3 Å². The van der Waals surface area contributed by atoms with Gasteiger partial charge in [0.2, 0.25) is 0 Å². The highest BCUT2D eigenvalue weighted by atomic mass is 16.5. The van der Waals surface area contributed by atoms with Gasteiger partial charge in [0, 0.05) is 51.1 Å². The lowest BCUT2D eigenvalue weighted by Crippen LogP contribution is -2.57. The molecule has 2 aliphatic heterocycles. The van der Waals surface area contributed by atoms with E-state index >= 15 is 0 Å². The highest BCUT2D eigenvalue weighted by Crippen LogP contribution is 2.52. The van der Waals surface area contributed by atoms with Crippen molar-refractivity contribution in [3.8, 4) is 34.1 Å². The highest BCUT2D eigenvalue weighted by Gasteiger charge is 2.44. The summed E-state index contributed by atoms with van der Waals surface area (Å²) in [5.74, 6) is 3.44. The number of hydrogen-bond donors (Lipinski definition) is 0. The van der Waals surface area contributed by atoms with E-state index in [2.05, 4.69) is 206 Å². The number of benzene rings is 8. The van der Waals surface area contributed by atoms with E-state index < -0.39 is 0 Å². The molecule has 56 heavy (non-hydrogen) atoms. The monoisotopic (exact) mass is 720 g/mol. The second-order valence-corrected chi connectivity index (χ2v) is 15.3. The van der Waals surface area contributed by atoms with Crippen molar-refractivity contribution in [2.24, 2.45) is 0 Å². The van der Waals surface area contributed by atoms with Crippen LogP contribution in [0.2, 0.25) is 0 Å². The lowest BCUT2D eigenvalue weighted by Gasteiger charge is -2.34. The van der Waals surface area contributed by atoms with Gasteiger partial charge in [-0.05, 0) is 118 Å². The second kappa shape index (κ2) is 12.5. The van der Waals surface area contributed by atoms with Gasteiger partial charge in [0.25, 0.3) is 6.71 Å². The Morgan fingerprint density at radius 1 is 0.375 bits per heavy atom. The predicted octanol–water partition coefficient (Wildman–Crippen LogP) is 11.7. The molecule has 0 fully saturated rings. The molecule has 0 radical (unpaired) electrons. The van der Waals surface area contributed by atoms with Crippen molar-refractivity contribution in [3.05, 3.63) is 199 Å². The van der Waals surface area contributed by atoms with Gasteiger partial charge in [0.15, 0.2) is 0 Å². The Bertz CT molecular complexity index is 2710. The first-order valence-electron chi connectivity index (χ1n) is 19.3. The maximum Gasteiger partial charge on any atom is 0.260 e. The van der Waals surface area contributed by atoms with Crippen LogP contribution in [0.1, 0.15) is 25.0 Å². The summed E-state index contributed by atoms with van der Waals surface area (Å²) in [5.41, 5.74) is 14.8. The number of nitrogens with zero attached hydrogens (tertiary/aromatic N) is 2. The van der Waals surface area contributed by atoms with Crippen LogP contribution >= 0.6 is 0 Å². The van der Waals surface area contributed by atoms with Crippen molar-refractivity contribution in [3.63, 3.8) is 0 Å². The van der Waals surface area contributed by atoms with Crippen molar-refractivity contribution in [2.75, 3.05) is 9.80 Å². The van der Waals surface area contributed by atoms with Gasteiger partial charge >= 0.3 is 0 Å². The van der Waals surface area contributed by atoms with Crippen LogP contribution in [0.4, 0.5) is 34.1 Å². The van der Waals surface area contributed by atoms with E-state index in [4.69, 9.17) is 9.47 Å². The van der Waals surface area contributed by atoms with Crippen LogP contribution in [-0.2, 0) is 5.41 Å². The third kappa shape index (κ3) is 5.01. The number of anilines is 6. The molecular weight excluding hydrogens is 683 g/mol. The first kappa shape index (κ1) is 32.5. The molecule has 266 valence electrons. The summed E-state index contributed by atoms with van der Waals surface area (Å²) >= 11 is 0. The minimum Gasteiger partial charge on any atom is -0.458 e. The zero-order valence-corrected chi connectivity index (χ0v) is 31.2. The van der Waals surface area contributed by atoms with Crippen LogP contribution in [0.3, 0.4) is 0 Å². The van der Waals surface area contributed by atoms with E-state index in [1.54, 1.807) is 0 Å². The van der Waals surface area contributed by atoms with Crippen LogP contribution in [0, 0.1) is 0 Å². The maximum absolute atomic E-state index is 6.81. The van der Waals surface area contributed by atoms with E-state index in [0.29, 0.717) is 0 Å². The van der Waals surface area contributed by atoms with E-state index in [-0.39, 0.29) is 12.1 Å². The molecule has 0 spiro atoms. The quantitative estimate of drug-likeness (QED) is 0.160. The Kier molecular flexibility index (Phi) is 7.27. The molecule has 0 N–H and O–H groups in total. The molecule has 8 aromatic rings. The normalized spacial score (nSPS) is 13.6. The molecule has 8 aromatic carbocycles. The summed E-state index contributed by atoms with van der Waals surface area (Å²) in [5, 5.41) is 0. The Labute approximate surface area is 327 Å². The number of hydrogen-bond acceptors (Lipinski definition) is 4. The summed E-state index contributed by atoms with van der Waals surface area (Å²) in [6.45, 7) is 4.67. The van der Waals surface area contributed by atoms with E-state index in [9.17, 15) is 0 Å². The van der Waals surface area contributed by atoms with Crippen LogP contribution in [-0.4, -0.2) is 6.71 Å². The predicted molar refractivity (Wildman–Crippen MR) is 231 cm³/mol. The standard InChI is InChI=1S/C51H37BN2O2/c1-51(2)42-30-38(53(34-16-7-3-8-17-34)35-18-9-4-10-19-35)26-28-40(42)41-32-49-45(33-43(41)51)52-44-29-27-39(31-48(44)55-46-24-15-25-47(56-49)50(46)52)54(36-20-11-5-12-21-36)37-22-13-6-14-23-37/h3-33H,1-2H3. The summed E-state index contributed by atoms with van der Waals surface area (Å²) in [6.07, 6.45) is 0. The summed E-state index contributed by atoms with van der Waals surface area (Å²) < 4.78 is 13.6. The molecular formula is C51H37BN2O2. The van der Waals surface area contributed by atoms with Crippen molar-refractivity contribution >= 4 is 57.2 Å². The zero-order chi connectivity index (χ0) is 37.4. The molecule has 0 bridgehead atoms. The number of ether oxygens (including phenoxy) is 2. The summed E-state index contributed by atoms with van der Waals surface area (Å²) in [6, 6.07) is 66.8. The molecule has 0 saturated heterocycles. The smallest absolute Gasteiger partial charge is 0.260 e. The van der Waals surface area contributed by atoms with Gasteiger partial charge in [0.1, 0.15) is 23.0 Å². The van der Waals surface area contributed by atoms with Gasteiger partial charge in [-0.25, -0.2) is 0 Å². The average molecular weight is 721 g/mol. The molecule has 2 heterocycles. The number of para-hydroxylation sites is 4. The van der Waals surface area contributed by atoms with E-state index in [0.717, 1.165) is 68.0 Å². The molecule has 11 rings (SSSR count). The largest absolute Gasteiger partial charge is 0.458 e. The first-order chi connectivity index (χ1) is 27.5. The highest BCUT2D eigenvalue weighted by molar-refractivity contribution is 6.98. The lowest BCUT2D eigenvalue weighted by atomic mass is 9.34. The fourth-order valence-electron chi connectivity index (χ4n) is 9.11. The molecule has 3 aliphatic rings. The minimum absolute atomic E-state index is 0.0447. The third-order valence-electron chi connectivity index (χ3n) is 11.7. The van der Waals surface area contributed by atoms with Crippen LogP contribution < -0.4 is 35.7 Å². The van der Waals surface area contributed by atoms with Gasteiger partial charge in [-0.1, -0.05) is 111 Å². The Morgan fingerprint density at radius 3 is 1.38 bits per heavy atom. The Morgan fingerprint density at radius 2 is 0.839 bits per heavy atom. The Balaban J connectivity index is 1.03. The van der Waals surface area contributed by atoms with Gasteiger partial charge in [-0.15, -0.1) is 0 Å². The Hall–Kier alpha value is -6.98. The molecule has 0 unspecified atom stereocenters. The molecule has 0 saturated carbocycles. The molecule has 5 heteroatoms. The van der Waals surface area contributed by atoms with Gasteiger partial charge in [0.05, 0.1) is 0 Å². The first-order valence-corrected chi connectivity index (χ1v) is 19.3. The van der Waals surface area contributed by atoms with Crippen molar-refractivity contribution in [1.82, 2.24) is 0 Å². The number of rotatable bonds is 6. The van der Waals surface area contributed by atoms with Crippen LogP contribution in [0.25, 0.3) is 11.1 Å². The van der Waals surface area contributed by atoms with Gasteiger partial charge in [-0.2, -0.15) is 0 Å². The maximum atomic E-state index is 6.81. The van der Waals surface area contributed by atoms with Crippen LogP contribution in [0.5, 0.6) is 23.0 Å². The van der Waals surface area contributed by atoms with Crippen molar-refractivity contribution < 1.29 is 9.47 Å². The second-order valence-electron chi connectivity index (χ2n) is 15.3. The van der Waals surface area contributed by atoms with Crippen LogP contribution in [0.15, 0.2) is 188 Å². The van der Waals surface area contributed by atoms with E-state index in [1.807, 2.05) is 6.07 Å². The molecule has 0 aromatic heterocycles. The third-order valence-corrected chi connectivity index (χ3v) is 11.7. The molecule has 0 amide bonds. The molecule has 4 nitrogen and oxygen atoms in total. The summed E-state index contributed by atoms with van der Waals surface area (Å²) in [4.78, 5) is 4.63. The fourth-order valence-corrected chi connectivity index (χ4v) is 9.11. The fraction of sp³-hybridized carbons (Fsp3) is 0.0588. The zero-order valence-electron chi connectivity index (χ0n) is 31.2. The summed E-state index contributed by atoms with van der Waals surface area (Å²) in [7, 11) is 0. The SMILES string of the molecule is CC1(C)c2cc(N(c3ccccc3)c3ccccc3)ccc2-c2cc3c(cc21)B1c2ccc(N(c4ccccc4)c4ccccc4)cc2Oc2cccc(c21)O3. The van der Waals surface area contributed by atoms with Crippen molar-refractivity contribution in [2.45, 2.75) is 19.3 Å². The minimum atomic E-state index is -0.252. The molecule has 1 aliphatic carbocycles. The average Bonchev–Trinajstić information content (AvgIpc) is 3.46. The van der Waals surface area contributed by atoms with E-state index in [1.165, 1.54) is 27.7 Å². The molecule has 0 atom stereocenters. The topological polar surface area (TPSA) is 24.9 Å².